The molecule has 0 aromatic carbocycles. The number of unbranched alkanes of at least 4 members (excludes halogenated alkanes) is 5. The summed E-state index contributed by atoms with van der Waals surface area (Å²) in [7, 11) is 0. The first-order chi connectivity index (χ1) is 14.3. The normalized spacial score (nSPS) is 23.1. The van der Waals surface area contributed by atoms with Crippen LogP contribution in [-0.4, -0.2) is 12.9 Å². The molecular formula is C26H46F4. The van der Waals surface area contributed by atoms with Crippen LogP contribution >= 0.6 is 0 Å². The Kier molecular flexibility index (Phi) is 10.00. The predicted molar refractivity (Wildman–Crippen MR) is 118 cm³/mol. The average molecular weight is 435 g/mol. The Morgan fingerprint density at radius 2 is 1.07 bits per heavy atom. The molecule has 30 heavy (non-hydrogen) atoms. The summed E-state index contributed by atoms with van der Waals surface area (Å²) in [6.45, 7) is 6.10. The summed E-state index contributed by atoms with van der Waals surface area (Å²) in [4.78, 5) is 0. The molecule has 1 atom stereocenters. The van der Waals surface area contributed by atoms with E-state index in [1.165, 1.54) is 19.3 Å². The van der Waals surface area contributed by atoms with Gasteiger partial charge in [-0.2, -0.15) is 0 Å². The Morgan fingerprint density at radius 1 is 0.667 bits per heavy atom. The van der Waals surface area contributed by atoms with Crippen LogP contribution in [0.5, 0.6) is 0 Å². The van der Waals surface area contributed by atoms with Crippen molar-refractivity contribution in [1.29, 1.82) is 0 Å². The average Bonchev–Trinajstić information content (AvgIpc) is 2.76. The third-order valence-corrected chi connectivity index (χ3v) is 9.37. The molecule has 2 aliphatic carbocycles. The zero-order valence-corrected chi connectivity index (χ0v) is 19.8. The minimum Gasteiger partial charge on any atom is -0.210 e. The summed E-state index contributed by atoms with van der Waals surface area (Å²) in [5, 5.41) is 0. The molecule has 0 aliphatic heterocycles. The first kappa shape index (κ1) is 26.0. The van der Waals surface area contributed by atoms with E-state index < -0.39 is 29.1 Å². The second-order valence-electron chi connectivity index (χ2n) is 10.7. The maximum absolute atomic E-state index is 14.9. The van der Waals surface area contributed by atoms with E-state index in [0.717, 1.165) is 64.2 Å². The van der Waals surface area contributed by atoms with E-state index in [9.17, 15) is 17.6 Å². The lowest BCUT2D eigenvalue weighted by Crippen LogP contribution is -2.62. The first-order valence-electron chi connectivity index (χ1n) is 12.8. The SMILES string of the molecule is CCCCCCCCC(C)C(C)(C1(C(F)F)CCCCC1)C1(C(F)F)CCCCC1. The van der Waals surface area contributed by atoms with Crippen LogP contribution in [0.3, 0.4) is 0 Å². The molecule has 2 saturated carbocycles. The van der Waals surface area contributed by atoms with Gasteiger partial charge in [0.25, 0.3) is 0 Å². The van der Waals surface area contributed by atoms with Crippen LogP contribution in [0, 0.1) is 22.2 Å². The molecule has 4 heteroatoms. The third-order valence-electron chi connectivity index (χ3n) is 9.37. The van der Waals surface area contributed by atoms with Crippen LogP contribution in [0.1, 0.15) is 130 Å². The van der Waals surface area contributed by atoms with E-state index in [0.29, 0.717) is 25.7 Å². The molecule has 0 saturated heterocycles. The van der Waals surface area contributed by atoms with Crippen molar-refractivity contribution in [2.75, 3.05) is 0 Å². The fraction of sp³-hybridized carbons (Fsp3) is 1.00. The predicted octanol–water partition coefficient (Wildman–Crippen LogP) is 9.81. The molecule has 0 nitrogen and oxygen atoms in total. The molecule has 0 aromatic heterocycles. The van der Waals surface area contributed by atoms with Gasteiger partial charge < -0.3 is 0 Å². The van der Waals surface area contributed by atoms with E-state index in [1.54, 1.807) is 0 Å². The zero-order chi connectivity index (χ0) is 22.3. The summed E-state index contributed by atoms with van der Waals surface area (Å²) in [5.41, 5.74) is -3.55. The van der Waals surface area contributed by atoms with Gasteiger partial charge in [-0.1, -0.05) is 104 Å². The number of rotatable bonds is 12. The van der Waals surface area contributed by atoms with Crippen molar-refractivity contribution in [3.63, 3.8) is 0 Å². The molecule has 2 rings (SSSR count). The minimum atomic E-state index is -2.52. The highest BCUT2D eigenvalue weighted by atomic mass is 19.3. The molecule has 0 bridgehead atoms. The largest absolute Gasteiger partial charge is 0.244 e. The molecular weight excluding hydrogens is 388 g/mol. The van der Waals surface area contributed by atoms with Crippen LogP contribution in [-0.2, 0) is 0 Å². The monoisotopic (exact) mass is 434 g/mol. The minimum absolute atomic E-state index is 0.108. The van der Waals surface area contributed by atoms with Crippen molar-refractivity contribution in [1.82, 2.24) is 0 Å². The maximum Gasteiger partial charge on any atom is 0.244 e. The molecule has 2 aliphatic rings. The quantitative estimate of drug-likeness (QED) is 0.212. The van der Waals surface area contributed by atoms with Crippen LogP contribution in [0.15, 0.2) is 0 Å². The standard InChI is InChI=1S/C26H46F4/c1-4-5-6-7-8-11-16-21(2)24(3,25(22(27)28)17-12-9-13-18-25)26(23(29)30)19-14-10-15-20-26/h21-23H,4-20H2,1-3H3. The molecule has 0 heterocycles. The summed E-state index contributed by atoms with van der Waals surface area (Å²) < 4.78 is 59.6. The molecule has 0 amide bonds. The Balaban J connectivity index is 2.36. The van der Waals surface area contributed by atoms with Gasteiger partial charge in [0.05, 0.1) is 0 Å². The molecule has 0 aromatic rings. The Bertz CT molecular complexity index is 445. The number of alkyl halides is 4. The van der Waals surface area contributed by atoms with Crippen LogP contribution in [0.4, 0.5) is 17.6 Å². The maximum atomic E-state index is 14.9. The highest BCUT2D eigenvalue weighted by Crippen LogP contribution is 2.69. The lowest BCUT2D eigenvalue weighted by Gasteiger charge is -2.63. The number of halogens is 4. The number of hydrogen-bond acceptors (Lipinski definition) is 0. The fourth-order valence-corrected chi connectivity index (χ4v) is 7.29. The van der Waals surface area contributed by atoms with Gasteiger partial charge in [0.1, 0.15) is 0 Å². The van der Waals surface area contributed by atoms with Crippen molar-refractivity contribution >= 4 is 0 Å². The van der Waals surface area contributed by atoms with E-state index in [1.807, 2.05) is 13.8 Å². The summed E-state index contributed by atoms with van der Waals surface area (Å²) >= 11 is 0. The first-order valence-corrected chi connectivity index (χ1v) is 12.8. The number of hydrogen-bond donors (Lipinski definition) is 0. The van der Waals surface area contributed by atoms with Gasteiger partial charge in [-0.05, 0) is 37.0 Å². The van der Waals surface area contributed by atoms with Gasteiger partial charge in [-0.25, -0.2) is 17.6 Å². The molecule has 0 radical (unpaired) electrons. The van der Waals surface area contributed by atoms with E-state index in [-0.39, 0.29) is 5.92 Å². The Morgan fingerprint density at radius 3 is 1.47 bits per heavy atom. The topological polar surface area (TPSA) is 0 Å². The highest BCUT2D eigenvalue weighted by molar-refractivity contribution is 5.11. The molecule has 1 unspecified atom stereocenters. The lowest BCUT2D eigenvalue weighted by atomic mass is 9.41. The molecule has 2 fully saturated rings. The lowest BCUT2D eigenvalue weighted by molar-refractivity contribution is -0.243. The van der Waals surface area contributed by atoms with Gasteiger partial charge in [-0.15, -0.1) is 0 Å². The van der Waals surface area contributed by atoms with Crippen molar-refractivity contribution in [2.24, 2.45) is 22.2 Å². The molecule has 0 spiro atoms. The second kappa shape index (κ2) is 11.5. The van der Waals surface area contributed by atoms with Crippen molar-refractivity contribution in [3.8, 4) is 0 Å². The summed E-state index contributed by atoms with van der Waals surface area (Å²) in [5.74, 6) is -0.108. The van der Waals surface area contributed by atoms with Crippen molar-refractivity contribution in [2.45, 2.75) is 143 Å². The Labute approximate surface area is 183 Å². The smallest absolute Gasteiger partial charge is 0.210 e. The van der Waals surface area contributed by atoms with E-state index in [2.05, 4.69) is 6.92 Å². The highest BCUT2D eigenvalue weighted by Gasteiger charge is 2.67. The zero-order valence-electron chi connectivity index (χ0n) is 19.8. The third kappa shape index (κ3) is 4.87. The van der Waals surface area contributed by atoms with Gasteiger partial charge in [-0.3, -0.25) is 0 Å². The van der Waals surface area contributed by atoms with Gasteiger partial charge in [0.15, 0.2) is 0 Å². The van der Waals surface area contributed by atoms with Crippen LogP contribution < -0.4 is 0 Å². The van der Waals surface area contributed by atoms with Gasteiger partial charge in [0.2, 0.25) is 12.9 Å². The summed E-state index contributed by atoms with van der Waals surface area (Å²) in [6.07, 6.45) is 9.20. The Hall–Kier alpha value is -0.280. The molecule has 0 N–H and O–H groups in total. The van der Waals surface area contributed by atoms with Crippen LogP contribution in [0.25, 0.3) is 0 Å². The summed E-state index contributed by atoms with van der Waals surface area (Å²) in [6, 6.07) is 0. The van der Waals surface area contributed by atoms with E-state index >= 15 is 0 Å². The van der Waals surface area contributed by atoms with Gasteiger partial charge in [0, 0.05) is 10.8 Å². The van der Waals surface area contributed by atoms with Crippen LogP contribution in [0.2, 0.25) is 0 Å². The van der Waals surface area contributed by atoms with Gasteiger partial charge >= 0.3 is 0 Å². The second-order valence-corrected chi connectivity index (χ2v) is 10.7. The van der Waals surface area contributed by atoms with E-state index in [4.69, 9.17) is 0 Å². The van der Waals surface area contributed by atoms with Crippen molar-refractivity contribution < 1.29 is 17.6 Å². The fourth-order valence-electron chi connectivity index (χ4n) is 7.29. The van der Waals surface area contributed by atoms with Crippen molar-refractivity contribution in [3.05, 3.63) is 0 Å². The molecule has 178 valence electrons.